The summed E-state index contributed by atoms with van der Waals surface area (Å²) in [6.45, 7) is 4.13. The van der Waals surface area contributed by atoms with Crippen LogP contribution in [0, 0.1) is 0 Å². The summed E-state index contributed by atoms with van der Waals surface area (Å²) >= 11 is 0. The second-order valence-corrected chi connectivity index (χ2v) is 11.0. The van der Waals surface area contributed by atoms with Gasteiger partial charge in [0, 0.05) is 32.7 Å². The molecule has 7 nitrogen and oxygen atoms in total. The molecule has 2 unspecified atom stereocenters. The first kappa shape index (κ1) is 24.0. The summed E-state index contributed by atoms with van der Waals surface area (Å²) in [7, 11) is -0.734. The number of sulfone groups is 1. The zero-order valence-corrected chi connectivity index (χ0v) is 19.8. The Hall–Kier alpha value is -1.64. The first-order valence-electron chi connectivity index (χ1n) is 11.3. The molecule has 3 aliphatic rings. The molecule has 0 spiro atoms. The van der Waals surface area contributed by atoms with Gasteiger partial charge in [-0.3, -0.25) is 9.69 Å². The van der Waals surface area contributed by atoms with E-state index in [1.807, 2.05) is 0 Å². The number of nitrogens with one attached hydrogen (secondary N) is 1. The van der Waals surface area contributed by atoms with Crippen LogP contribution in [0.4, 0.5) is 0 Å². The molecular formula is C23H36N2O5S. The normalized spacial score (nSPS) is 27.3. The maximum absolute atomic E-state index is 13.1. The van der Waals surface area contributed by atoms with E-state index in [-0.39, 0.29) is 29.7 Å². The Morgan fingerprint density at radius 2 is 2.06 bits per heavy atom. The van der Waals surface area contributed by atoms with Gasteiger partial charge in [0.1, 0.15) is 5.76 Å². The summed E-state index contributed by atoms with van der Waals surface area (Å²) in [5.41, 5.74) is 1.73. The van der Waals surface area contributed by atoms with Crippen LogP contribution >= 0.6 is 0 Å². The molecule has 1 N–H and O–H groups in total. The lowest BCUT2D eigenvalue weighted by Gasteiger charge is -2.32. The molecule has 1 heterocycles. The molecule has 0 aromatic rings. The largest absolute Gasteiger partial charge is 0.496 e. The average Bonchev–Trinajstić information content (AvgIpc) is 3.24. The second-order valence-electron chi connectivity index (χ2n) is 8.54. The molecule has 2 aliphatic carbocycles. The highest BCUT2D eigenvalue weighted by atomic mass is 32.2. The maximum atomic E-state index is 13.1. The first-order valence-corrected chi connectivity index (χ1v) is 13.0. The van der Waals surface area contributed by atoms with Gasteiger partial charge >= 0.3 is 0 Å². The van der Waals surface area contributed by atoms with Crippen LogP contribution in [0.3, 0.4) is 0 Å². The van der Waals surface area contributed by atoms with Crippen molar-refractivity contribution in [3.05, 3.63) is 35.1 Å². The van der Waals surface area contributed by atoms with E-state index in [9.17, 15) is 13.2 Å². The molecule has 1 fully saturated rings. The topological polar surface area (TPSA) is 84.9 Å². The zero-order valence-electron chi connectivity index (χ0n) is 19.0. The summed E-state index contributed by atoms with van der Waals surface area (Å²) in [4.78, 5) is 14.0. The predicted molar refractivity (Wildman–Crippen MR) is 121 cm³/mol. The predicted octanol–water partition coefficient (Wildman–Crippen LogP) is 2.71. The smallest absolute Gasteiger partial charge is 0.254 e. The molecule has 1 amide bonds. The Labute approximate surface area is 186 Å². The van der Waals surface area contributed by atoms with Gasteiger partial charge in [0.15, 0.2) is 14.8 Å². The van der Waals surface area contributed by atoms with Crippen LogP contribution < -0.4 is 5.32 Å². The van der Waals surface area contributed by atoms with E-state index in [0.29, 0.717) is 12.3 Å². The minimum Gasteiger partial charge on any atom is -0.496 e. The van der Waals surface area contributed by atoms with E-state index in [0.717, 1.165) is 25.9 Å². The van der Waals surface area contributed by atoms with Crippen LogP contribution in [0.1, 0.15) is 51.9 Å². The number of hydrogen-bond acceptors (Lipinski definition) is 6. The van der Waals surface area contributed by atoms with Gasteiger partial charge in [-0.05, 0) is 57.2 Å². The van der Waals surface area contributed by atoms with Crippen molar-refractivity contribution in [3.8, 4) is 0 Å². The van der Waals surface area contributed by atoms with Gasteiger partial charge in [0.2, 0.25) is 0 Å². The van der Waals surface area contributed by atoms with Crippen LogP contribution in [0.5, 0.6) is 0 Å². The first-order chi connectivity index (χ1) is 14.9. The number of methoxy groups -OCH3 is 2. The summed E-state index contributed by atoms with van der Waals surface area (Å²) in [5, 5.41) is 3.02. The van der Waals surface area contributed by atoms with E-state index in [1.54, 1.807) is 13.0 Å². The Kier molecular flexibility index (Phi) is 7.99. The fourth-order valence-corrected chi connectivity index (χ4v) is 6.12. The molecular weight excluding hydrogens is 416 g/mol. The number of amides is 1. The van der Waals surface area contributed by atoms with Gasteiger partial charge in [-0.15, -0.1) is 0 Å². The van der Waals surface area contributed by atoms with Crippen molar-refractivity contribution in [2.24, 2.45) is 0 Å². The number of likely N-dealkylation sites (tertiary alicyclic amines) is 1. The SMILES string of the molecule is CCS(=O)(=O)C1(OC)C=C(C(=O)NCC2CCCN2CC2=CCCCC2)C(OC)=CC1. The number of nitrogens with zero attached hydrogens (tertiary/aromatic N) is 1. The van der Waals surface area contributed by atoms with E-state index >= 15 is 0 Å². The van der Waals surface area contributed by atoms with Crippen LogP contribution in [0.25, 0.3) is 0 Å². The third-order valence-electron chi connectivity index (χ3n) is 6.71. The number of allylic oxidation sites excluding steroid dienone is 1. The Morgan fingerprint density at radius 3 is 2.71 bits per heavy atom. The third-order valence-corrected chi connectivity index (χ3v) is 8.97. The lowest BCUT2D eigenvalue weighted by Crippen LogP contribution is -2.44. The molecule has 3 rings (SSSR count). The van der Waals surface area contributed by atoms with Crippen LogP contribution in [0.15, 0.2) is 35.1 Å². The number of rotatable bonds is 9. The van der Waals surface area contributed by atoms with Crippen LogP contribution in [0.2, 0.25) is 0 Å². The van der Waals surface area contributed by atoms with Crippen molar-refractivity contribution in [3.63, 3.8) is 0 Å². The highest BCUT2D eigenvalue weighted by Gasteiger charge is 2.44. The lowest BCUT2D eigenvalue weighted by molar-refractivity contribution is -0.117. The number of ether oxygens (including phenoxy) is 2. The minimum atomic E-state index is -3.58. The van der Waals surface area contributed by atoms with Crippen molar-refractivity contribution in [1.29, 1.82) is 0 Å². The molecule has 1 saturated heterocycles. The van der Waals surface area contributed by atoms with Crippen molar-refractivity contribution in [2.75, 3.05) is 39.6 Å². The van der Waals surface area contributed by atoms with Crippen molar-refractivity contribution in [1.82, 2.24) is 10.2 Å². The highest BCUT2D eigenvalue weighted by molar-refractivity contribution is 7.92. The monoisotopic (exact) mass is 452 g/mol. The quantitative estimate of drug-likeness (QED) is 0.542. The fourth-order valence-electron chi connectivity index (χ4n) is 4.75. The molecule has 0 radical (unpaired) electrons. The summed E-state index contributed by atoms with van der Waals surface area (Å²) in [6.07, 6.45) is 12.6. The van der Waals surface area contributed by atoms with Gasteiger partial charge in [-0.2, -0.15) is 0 Å². The maximum Gasteiger partial charge on any atom is 0.254 e. The Bertz CT molecular complexity index is 861. The molecule has 0 bridgehead atoms. The van der Waals surface area contributed by atoms with Crippen LogP contribution in [-0.2, 0) is 24.1 Å². The fraction of sp³-hybridized carbons (Fsp3) is 0.696. The minimum absolute atomic E-state index is 0.0741. The highest BCUT2D eigenvalue weighted by Crippen LogP contribution is 2.34. The van der Waals surface area contributed by atoms with Crippen molar-refractivity contribution < 1.29 is 22.7 Å². The summed E-state index contributed by atoms with van der Waals surface area (Å²) < 4.78 is 36.2. The van der Waals surface area contributed by atoms with E-state index in [2.05, 4.69) is 16.3 Å². The molecule has 0 aromatic carbocycles. The van der Waals surface area contributed by atoms with E-state index < -0.39 is 14.8 Å². The van der Waals surface area contributed by atoms with Gasteiger partial charge in [-0.1, -0.05) is 18.6 Å². The Balaban J connectivity index is 1.70. The number of hydrogen-bond donors (Lipinski definition) is 1. The molecule has 31 heavy (non-hydrogen) atoms. The van der Waals surface area contributed by atoms with Gasteiger partial charge in [-0.25, -0.2) is 8.42 Å². The zero-order chi connectivity index (χ0) is 22.5. The molecule has 0 aromatic heterocycles. The summed E-state index contributed by atoms with van der Waals surface area (Å²) in [6, 6.07) is 0.289. The number of carbonyl (C=O) groups is 1. The van der Waals surface area contributed by atoms with Gasteiger partial charge < -0.3 is 14.8 Å². The van der Waals surface area contributed by atoms with Crippen molar-refractivity contribution >= 4 is 15.7 Å². The molecule has 1 aliphatic heterocycles. The second kappa shape index (κ2) is 10.3. The van der Waals surface area contributed by atoms with Crippen molar-refractivity contribution in [2.45, 2.75) is 62.8 Å². The summed E-state index contributed by atoms with van der Waals surface area (Å²) in [5.74, 6) is -0.0219. The molecule has 0 saturated carbocycles. The average molecular weight is 453 g/mol. The van der Waals surface area contributed by atoms with Gasteiger partial charge in [0.05, 0.1) is 18.4 Å². The lowest BCUT2D eigenvalue weighted by atomic mass is 9.99. The van der Waals surface area contributed by atoms with Crippen LogP contribution in [-0.4, -0.2) is 69.8 Å². The Morgan fingerprint density at radius 1 is 1.26 bits per heavy atom. The number of carbonyl (C=O) groups excluding carboxylic acids is 1. The molecule has 174 valence electrons. The van der Waals surface area contributed by atoms with E-state index in [1.165, 1.54) is 51.6 Å². The molecule has 2 atom stereocenters. The van der Waals surface area contributed by atoms with E-state index in [4.69, 9.17) is 9.47 Å². The van der Waals surface area contributed by atoms with Gasteiger partial charge in [0.25, 0.3) is 5.91 Å². The standard InChI is InChI=1S/C23H36N2O5S/c1-4-31(27,28)23(30-3)13-12-21(29-2)20(15-23)22(26)24-16-19-11-8-14-25(19)17-18-9-6-5-7-10-18/h9,12,15,19H,4-8,10-11,13-14,16-17H2,1-3H3,(H,24,26). The molecule has 8 heteroatoms. The third kappa shape index (κ3) is 5.23.